The Hall–Kier alpha value is -2.20. The Balaban J connectivity index is 1.42. The van der Waals surface area contributed by atoms with Gasteiger partial charge in [-0.3, -0.25) is 18.4 Å². The van der Waals surface area contributed by atoms with Gasteiger partial charge in [0.25, 0.3) is 0 Å². The molecule has 5 atom stereocenters. The summed E-state index contributed by atoms with van der Waals surface area (Å²) in [5.41, 5.74) is 5.97. The number of thioether (sulfide) groups is 1. The number of imidazole rings is 1. The summed E-state index contributed by atoms with van der Waals surface area (Å²) in [7, 11) is -4.03. The molecule has 1 aliphatic rings. The number of fused-ring (bicyclic) bond motifs is 1. The highest BCUT2D eigenvalue weighted by Crippen LogP contribution is 2.46. The summed E-state index contributed by atoms with van der Waals surface area (Å²) in [6, 6.07) is 9.07. The van der Waals surface area contributed by atoms with E-state index in [9.17, 15) is 19.6 Å². The fourth-order valence-corrected chi connectivity index (χ4v) is 6.21. The third-order valence-electron chi connectivity index (χ3n) is 6.24. The molecule has 2 aromatic heterocycles. The van der Waals surface area contributed by atoms with Gasteiger partial charge in [-0.05, 0) is 31.0 Å². The zero-order valence-corrected chi connectivity index (χ0v) is 24.7. The molecule has 2 unspecified atom stereocenters. The van der Waals surface area contributed by atoms with E-state index in [1.807, 2.05) is 30.3 Å². The van der Waals surface area contributed by atoms with E-state index in [0.29, 0.717) is 0 Å². The number of nitrogen functional groups attached to an aromatic ring is 1. The predicted molar refractivity (Wildman–Crippen MR) is 151 cm³/mol. The van der Waals surface area contributed by atoms with E-state index < -0.39 is 44.4 Å². The molecule has 224 valence electrons. The highest BCUT2D eigenvalue weighted by Gasteiger charge is 2.47. The van der Waals surface area contributed by atoms with Gasteiger partial charge in [0.15, 0.2) is 29.0 Å². The van der Waals surface area contributed by atoms with Crippen molar-refractivity contribution in [2.24, 2.45) is 5.41 Å². The van der Waals surface area contributed by atoms with Crippen molar-refractivity contribution in [3.05, 3.63) is 47.5 Å². The van der Waals surface area contributed by atoms with Crippen LogP contribution in [0.1, 0.15) is 25.6 Å². The van der Waals surface area contributed by atoms with Crippen LogP contribution in [0.25, 0.3) is 11.2 Å². The summed E-state index contributed by atoms with van der Waals surface area (Å²) in [5, 5.41) is 22.3. The van der Waals surface area contributed by atoms with Gasteiger partial charge in [-0.1, -0.05) is 42.1 Å². The molecule has 41 heavy (non-hydrogen) atoms. The molecular weight excluding hydrogens is 602 g/mol. The third kappa shape index (κ3) is 7.61. The summed E-state index contributed by atoms with van der Waals surface area (Å²) in [6.07, 6.45) is -4.93. The van der Waals surface area contributed by atoms with Gasteiger partial charge >= 0.3 is 7.75 Å². The highest BCUT2D eigenvalue weighted by molar-refractivity contribution is 8.13. The normalized spacial score (nSPS) is 22.7. The van der Waals surface area contributed by atoms with Crippen LogP contribution in [0, 0.1) is 5.41 Å². The molecule has 1 fully saturated rings. The van der Waals surface area contributed by atoms with Crippen LogP contribution in [0.15, 0.2) is 36.7 Å². The maximum absolute atomic E-state index is 15.2. The molecule has 1 saturated heterocycles. The first kappa shape index (κ1) is 31.7. The fraction of sp³-hybridized carbons (Fsp3) is 0.500. The first-order valence-electron chi connectivity index (χ1n) is 12.5. The summed E-state index contributed by atoms with van der Waals surface area (Å²) in [5.74, 6) is 0.135. The van der Waals surface area contributed by atoms with Crippen molar-refractivity contribution in [1.82, 2.24) is 24.6 Å². The molecule has 3 heterocycles. The Morgan fingerprint density at radius 2 is 2.05 bits per heavy atom. The molecule has 0 bridgehead atoms. The summed E-state index contributed by atoms with van der Waals surface area (Å²) < 4.78 is 46.9. The van der Waals surface area contributed by atoms with Gasteiger partial charge in [-0.15, -0.1) is 0 Å². The van der Waals surface area contributed by atoms with Crippen LogP contribution in [0.4, 0.5) is 10.2 Å². The van der Waals surface area contributed by atoms with E-state index in [4.69, 9.17) is 31.1 Å². The van der Waals surface area contributed by atoms with Crippen LogP contribution in [-0.2, 0) is 29.7 Å². The smallest absolute Gasteiger partial charge is 0.395 e. The average Bonchev–Trinajstić information content (AvgIpc) is 3.49. The van der Waals surface area contributed by atoms with Crippen LogP contribution in [0.3, 0.4) is 0 Å². The molecule has 1 aliphatic heterocycles. The number of halogens is 2. The fourth-order valence-electron chi connectivity index (χ4n) is 3.80. The van der Waals surface area contributed by atoms with Gasteiger partial charge in [-0.2, -0.15) is 9.97 Å². The van der Waals surface area contributed by atoms with Crippen LogP contribution < -0.4 is 10.8 Å². The van der Waals surface area contributed by atoms with E-state index in [2.05, 4.69) is 20.0 Å². The molecule has 13 nitrogen and oxygen atoms in total. The topological polar surface area (TPSA) is 184 Å². The van der Waals surface area contributed by atoms with E-state index in [1.165, 1.54) is 10.9 Å². The number of hydrogen-bond acceptors (Lipinski definition) is 12. The number of carbonyl (C=O) groups is 1. The summed E-state index contributed by atoms with van der Waals surface area (Å²) >= 11 is 6.82. The predicted octanol–water partition coefficient (Wildman–Crippen LogP) is 2.87. The van der Waals surface area contributed by atoms with Crippen LogP contribution in [0.2, 0.25) is 5.28 Å². The number of nitrogens with two attached hydrogens (primary N) is 1. The molecule has 4 rings (SSSR count). The standard InChI is InChI=1S/C24H31ClFN6O7PS/c1-24(2,12-33)22(35)41-9-8-37-40(36,29-10-14-6-4-3-5-7-14)38-11-15-18(34)16(26)21(39-15)32-13-28-17-19(27)30-23(25)31-20(17)32/h3-7,13,15-16,18,21,33-34H,8-12H2,1-2H3,(H,29,36)(H2,27,30,31)/t15-,16-,18?,21-,40?/m1/s1. The van der Waals surface area contributed by atoms with Crippen LogP contribution in [0.5, 0.6) is 0 Å². The van der Waals surface area contributed by atoms with Gasteiger partial charge in [0, 0.05) is 12.3 Å². The molecule has 17 heteroatoms. The number of ether oxygens (including phenoxy) is 1. The molecule has 1 aromatic carbocycles. The number of rotatable bonds is 13. The number of nitrogens with zero attached hydrogens (tertiary/aromatic N) is 4. The number of benzene rings is 1. The van der Waals surface area contributed by atoms with Crippen LogP contribution >= 0.6 is 31.1 Å². The Morgan fingerprint density at radius 3 is 2.76 bits per heavy atom. The maximum Gasteiger partial charge on any atom is 0.405 e. The molecule has 0 radical (unpaired) electrons. The SMILES string of the molecule is CC(C)(CO)C(=O)SCCOP(=O)(NCc1ccccc1)OC[C@H]1O[C@@H](n2cnc3c(N)nc(Cl)nc32)[C@H](F)C1O. The minimum Gasteiger partial charge on any atom is -0.395 e. The molecule has 3 aromatic rings. The Bertz CT molecular complexity index is 1400. The van der Waals surface area contributed by atoms with Gasteiger partial charge in [0.2, 0.25) is 5.28 Å². The minimum atomic E-state index is -4.03. The van der Waals surface area contributed by atoms with Gasteiger partial charge < -0.3 is 20.7 Å². The van der Waals surface area contributed by atoms with Gasteiger partial charge in [0.05, 0.1) is 31.6 Å². The lowest BCUT2D eigenvalue weighted by Gasteiger charge is -2.23. The molecule has 0 saturated carbocycles. The number of nitrogens with one attached hydrogen (secondary N) is 1. The van der Waals surface area contributed by atoms with Crippen molar-refractivity contribution < 1.29 is 37.7 Å². The average molecular weight is 633 g/mol. The largest absolute Gasteiger partial charge is 0.405 e. The highest BCUT2D eigenvalue weighted by atomic mass is 35.5. The van der Waals surface area contributed by atoms with Crippen molar-refractivity contribution in [1.29, 1.82) is 0 Å². The molecule has 0 aliphatic carbocycles. The van der Waals surface area contributed by atoms with E-state index in [0.717, 1.165) is 17.3 Å². The lowest BCUT2D eigenvalue weighted by molar-refractivity contribution is -0.119. The second-order valence-corrected chi connectivity index (χ2v) is 13.1. The zero-order chi connectivity index (χ0) is 29.8. The maximum atomic E-state index is 15.2. The number of alkyl halides is 1. The van der Waals surface area contributed by atoms with Crippen molar-refractivity contribution in [2.75, 3.05) is 31.3 Å². The number of hydrogen-bond donors (Lipinski definition) is 4. The first-order chi connectivity index (χ1) is 19.4. The summed E-state index contributed by atoms with van der Waals surface area (Å²) in [4.78, 5) is 24.2. The Labute approximate surface area is 244 Å². The summed E-state index contributed by atoms with van der Waals surface area (Å²) in [6.45, 7) is 2.39. The molecule has 0 spiro atoms. The van der Waals surface area contributed by atoms with Crippen LogP contribution in [-0.4, -0.2) is 78.8 Å². The zero-order valence-electron chi connectivity index (χ0n) is 22.2. The Morgan fingerprint density at radius 1 is 1.32 bits per heavy atom. The lowest BCUT2D eigenvalue weighted by Crippen LogP contribution is -2.32. The second-order valence-electron chi connectivity index (χ2n) is 9.83. The molecular formula is C24H31ClFN6O7PS. The van der Waals surface area contributed by atoms with Gasteiger partial charge in [0.1, 0.15) is 17.7 Å². The third-order valence-corrected chi connectivity index (χ3v) is 9.15. The van der Waals surface area contributed by atoms with Crippen molar-refractivity contribution in [2.45, 2.75) is 45.0 Å². The van der Waals surface area contributed by atoms with E-state index in [-0.39, 0.29) is 52.9 Å². The number of aliphatic hydroxyl groups is 2. The minimum absolute atomic E-state index is 0.00467. The second kappa shape index (κ2) is 13.4. The molecule has 5 N–H and O–H groups in total. The Kier molecular flexibility index (Phi) is 10.4. The van der Waals surface area contributed by atoms with Gasteiger partial charge in [-0.25, -0.2) is 19.0 Å². The number of carbonyl (C=O) groups excluding carboxylic acids is 1. The molecule has 0 amide bonds. The van der Waals surface area contributed by atoms with Crippen molar-refractivity contribution in [3.63, 3.8) is 0 Å². The lowest BCUT2D eigenvalue weighted by atomic mass is 9.97. The first-order valence-corrected chi connectivity index (χ1v) is 15.4. The number of aliphatic hydroxyl groups excluding tert-OH is 2. The quantitative estimate of drug-likeness (QED) is 0.123. The van der Waals surface area contributed by atoms with Crippen molar-refractivity contribution in [3.8, 4) is 0 Å². The number of aromatic nitrogens is 4. The van der Waals surface area contributed by atoms with E-state index >= 15 is 4.39 Å². The van der Waals surface area contributed by atoms with E-state index in [1.54, 1.807) is 13.8 Å². The number of anilines is 1. The monoisotopic (exact) mass is 632 g/mol. The van der Waals surface area contributed by atoms with Crippen molar-refractivity contribution >= 4 is 53.2 Å².